The van der Waals surface area contributed by atoms with Gasteiger partial charge in [0.25, 0.3) is 0 Å². The zero-order valence-corrected chi connectivity index (χ0v) is 18.2. The lowest BCUT2D eigenvalue weighted by molar-refractivity contribution is -0.134. The third-order valence-corrected chi connectivity index (χ3v) is 5.95. The van der Waals surface area contributed by atoms with E-state index >= 15 is 0 Å². The minimum absolute atomic E-state index is 0.0460. The highest BCUT2D eigenvalue weighted by molar-refractivity contribution is 5.81. The summed E-state index contributed by atoms with van der Waals surface area (Å²) in [6.07, 6.45) is 3.99. The second kappa shape index (κ2) is 10.6. The summed E-state index contributed by atoms with van der Waals surface area (Å²) in [7, 11) is 0. The van der Waals surface area contributed by atoms with Crippen LogP contribution in [0.3, 0.4) is 0 Å². The van der Waals surface area contributed by atoms with Crippen molar-refractivity contribution in [3.8, 4) is 0 Å². The largest absolute Gasteiger partial charge is 0.370 e. The lowest BCUT2D eigenvalue weighted by Crippen LogP contribution is -2.48. The maximum atomic E-state index is 12.6. The molecule has 2 fully saturated rings. The molecule has 2 saturated heterocycles. The molecule has 2 aliphatic heterocycles. The van der Waals surface area contributed by atoms with Gasteiger partial charge in [-0.2, -0.15) is 0 Å². The van der Waals surface area contributed by atoms with Crippen molar-refractivity contribution < 1.29 is 9.53 Å². The maximum Gasteiger partial charge on any atom is 0.224 e. The van der Waals surface area contributed by atoms with E-state index in [-0.39, 0.29) is 12.0 Å². The molecule has 160 valence electrons. The molecule has 2 atom stereocenters. The number of aryl methyl sites for hydroxylation is 1. The standard InChI is InChI=1S/C23H36N4O2/c1-4-24-23(25-13-12-22(28)27-14-8-7-10-19(27)3)26-15-16-29-21(17-26)20-11-6-5-9-18(20)2/h5-6,9,11,19,21H,4,7-8,10,12-17H2,1-3H3,(H,24,25). The van der Waals surface area contributed by atoms with Crippen molar-refractivity contribution in [3.05, 3.63) is 35.4 Å². The average Bonchev–Trinajstić information content (AvgIpc) is 2.74. The van der Waals surface area contributed by atoms with Gasteiger partial charge in [-0.25, -0.2) is 0 Å². The summed E-state index contributed by atoms with van der Waals surface area (Å²) in [6.45, 7) is 10.8. The fourth-order valence-electron chi connectivity index (χ4n) is 4.27. The number of benzene rings is 1. The van der Waals surface area contributed by atoms with Gasteiger partial charge in [-0.1, -0.05) is 24.3 Å². The Morgan fingerprint density at radius 1 is 1.28 bits per heavy atom. The molecule has 6 nitrogen and oxygen atoms in total. The molecule has 1 aromatic carbocycles. The Hall–Kier alpha value is -2.08. The average molecular weight is 401 g/mol. The van der Waals surface area contributed by atoms with Crippen LogP contribution in [0.2, 0.25) is 0 Å². The Kier molecular flexibility index (Phi) is 7.92. The van der Waals surface area contributed by atoms with Crippen LogP contribution in [-0.2, 0) is 9.53 Å². The smallest absolute Gasteiger partial charge is 0.224 e. The van der Waals surface area contributed by atoms with Gasteiger partial charge in [0, 0.05) is 32.1 Å². The molecule has 1 amide bonds. The van der Waals surface area contributed by atoms with Gasteiger partial charge in [0.15, 0.2) is 5.96 Å². The normalized spacial score (nSPS) is 23.2. The Morgan fingerprint density at radius 3 is 2.86 bits per heavy atom. The van der Waals surface area contributed by atoms with Crippen LogP contribution in [0, 0.1) is 6.92 Å². The molecule has 3 rings (SSSR count). The number of carbonyl (C=O) groups excluding carboxylic acids is 1. The van der Waals surface area contributed by atoms with Gasteiger partial charge in [-0.05, 0) is 51.2 Å². The first-order valence-corrected chi connectivity index (χ1v) is 11.1. The predicted molar refractivity (Wildman–Crippen MR) is 117 cm³/mol. The maximum absolute atomic E-state index is 12.6. The highest BCUT2D eigenvalue weighted by Crippen LogP contribution is 2.25. The third-order valence-electron chi connectivity index (χ3n) is 5.95. The minimum Gasteiger partial charge on any atom is -0.370 e. The highest BCUT2D eigenvalue weighted by Gasteiger charge is 2.26. The summed E-state index contributed by atoms with van der Waals surface area (Å²) in [6, 6.07) is 8.76. The van der Waals surface area contributed by atoms with Crippen LogP contribution in [0.25, 0.3) is 0 Å². The van der Waals surface area contributed by atoms with E-state index in [1.54, 1.807) is 0 Å². The van der Waals surface area contributed by atoms with Crippen LogP contribution < -0.4 is 5.32 Å². The van der Waals surface area contributed by atoms with Crippen LogP contribution in [-0.4, -0.2) is 67.0 Å². The van der Waals surface area contributed by atoms with Crippen LogP contribution in [0.15, 0.2) is 29.3 Å². The molecule has 0 radical (unpaired) electrons. The molecule has 0 aromatic heterocycles. The highest BCUT2D eigenvalue weighted by atomic mass is 16.5. The van der Waals surface area contributed by atoms with Gasteiger partial charge in [-0.15, -0.1) is 0 Å². The number of carbonyl (C=O) groups is 1. The minimum atomic E-state index is 0.0460. The monoisotopic (exact) mass is 400 g/mol. The van der Waals surface area contributed by atoms with E-state index in [2.05, 4.69) is 55.3 Å². The van der Waals surface area contributed by atoms with Gasteiger partial charge in [0.2, 0.25) is 5.91 Å². The van der Waals surface area contributed by atoms with Crippen LogP contribution in [0.5, 0.6) is 0 Å². The van der Waals surface area contributed by atoms with E-state index in [1.165, 1.54) is 17.5 Å². The summed E-state index contributed by atoms with van der Waals surface area (Å²) in [4.78, 5) is 21.7. The number of hydrogen-bond acceptors (Lipinski definition) is 3. The summed E-state index contributed by atoms with van der Waals surface area (Å²) in [5.74, 6) is 1.12. The fourth-order valence-corrected chi connectivity index (χ4v) is 4.27. The molecule has 29 heavy (non-hydrogen) atoms. The van der Waals surface area contributed by atoms with Crippen molar-refractivity contribution in [2.75, 3.05) is 39.3 Å². The second-order valence-electron chi connectivity index (χ2n) is 8.08. The third kappa shape index (κ3) is 5.72. The zero-order valence-electron chi connectivity index (χ0n) is 18.2. The molecule has 1 aromatic rings. The molecule has 0 spiro atoms. The lowest BCUT2D eigenvalue weighted by Gasteiger charge is -2.36. The van der Waals surface area contributed by atoms with Crippen LogP contribution in [0.1, 0.15) is 56.8 Å². The number of amides is 1. The van der Waals surface area contributed by atoms with E-state index in [9.17, 15) is 4.79 Å². The Morgan fingerprint density at radius 2 is 2.10 bits per heavy atom. The number of rotatable bonds is 5. The molecule has 2 heterocycles. The van der Waals surface area contributed by atoms with E-state index in [1.807, 2.05) is 4.90 Å². The van der Waals surface area contributed by atoms with E-state index in [4.69, 9.17) is 9.73 Å². The summed E-state index contributed by atoms with van der Waals surface area (Å²) in [5, 5.41) is 3.40. The first kappa shape index (κ1) is 21.6. The first-order valence-electron chi connectivity index (χ1n) is 11.1. The summed E-state index contributed by atoms with van der Waals surface area (Å²) < 4.78 is 6.05. The van der Waals surface area contributed by atoms with Gasteiger partial charge in [-0.3, -0.25) is 9.79 Å². The van der Waals surface area contributed by atoms with Crippen molar-refractivity contribution in [2.24, 2.45) is 4.99 Å². The van der Waals surface area contributed by atoms with Crippen molar-refractivity contribution in [1.82, 2.24) is 15.1 Å². The lowest BCUT2D eigenvalue weighted by atomic mass is 10.0. The molecule has 2 unspecified atom stereocenters. The number of hydrogen-bond donors (Lipinski definition) is 1. The molecule has 2 aliphatic rings. The fraction of sp³-hybridized carbons (Fsp3) is 0.652. The number of morpholine rings is 1. The SMILES string of the molecule is CCNC(=NCCC(=O)N1CCCCC1C)N1CCOC(c2ccccc2C)C1. The second-order valence-corrected chi connectivity index (χ2v) is 8.08. The molecule has 1 N–H and O–H groups in total. The first-order chi connectivity index (χ1) is 14.1. The van der Waals surface area contributed by atoms with Crippen molar-refractivity contribution in [2.45, 2.75) is 58.6 Å². The molecule has 0 bridgehead atoms. The molecular formula is C23H36N4O2. The van der Waals surface area contributed by atoms with Crippen LogP contribution >= 0.6 is 0 Å². The number of guanidine groups is 1. The van der Waals surface area contributed by atoms with E-state index in [0.717, 1.165) is 45.0 Å². The number of nitrogens with zero attached hydrogens (tertiary/aromatic N) is 3. The molecular weight excluding hydrogens is 364 g/mol. The zero-order chi connectivity index (χ0) is 20.6. The number of likely N-dealkylation sites (tertiary alicyclic amines) is 1. The van der Waals surface area contributed by atoms with Gasteiger partial charge < -0.3 is 19.9 Å². The van der Waals surface area contributed by atoms with Crippen LogP contribution in [0.4, 0.5) is 0 Å². The number of aliphatic imine (C=N–C) groups is 1. The van der Waals surface area contributed by atoms with Crippen molar-refractivity contribution in [1.29, 1.82) is 0 Å². The summed E-state index contributed by atoms with van der Waals surface area (Å²) >= 11 is 0. The van der Waals surface area contributed by atoms with Crippen molar-refractivity contribution >= 4 is 11.9 Å². The van der Waals surface area contributed by atoms with Crippen molar-refractivity contribution in [3.63, 3.8) is 0 Å². The number of nitrogens with one attached hydrogen (secondary N) is 1. The molecule has 0 saturated carbocycles. The Bertz CT molecular complexity index is 706. The molecule has 0 aliphatic carbocycles. The summed E-state index contributed by atoms with van der Waals surface area (Å²) in [5.41, 5.74) is 2.49. The van der Waals surface area contributed by atoms with Gasteiger partial charge >= 0.3 is 0 Å². The number of ether oxygens (including phenoxy) is 1. The quantitative estimate of drug-likeness (QED) is 0.609. The Balaban J connectivity index is 1.60. The van der Waals surface area contributed by atoms with E-state index in [0.29, 0.717) is 25.6 Å². The predicted octanol–water partition coefficient (Wildman–Crippen LogP) is 3.12. The topological polar surface area (TPSA) is 57.2 Å². The van der Waals surface area contributed by atoms with E-state index < -0.39 is 0 Å². The molecule has 6 heteroatoms. The van der Waals surface area contributed by atoms with Gasteiger partial charge in [0.05, 0.1) is 19.7 Å². The Labute approximate surface area is 175 Å². The van der Waals surface area contributed by atoms with Gasteiger partial charge in [0.1, 0.15) is 6.10 Å². The number of piperidine rings is 1.